The number of fused-ring (bicyclic) bond motifs is 1. The third kappa shape index (κ3) is 3.36. The van der Waals surface area contributed by atoms with Crippen LogP contribution in [0, 0.1) is 0 Å². The fourth-order valence-corrected chi connectivity index (χ4v) is 3.71. The first-order valence-electron chi connectivity index (χ1n) is 8.03. The minimum Gasteiger partial charge on any atom is -0.268 e. The summed E-state index contributed by atoms with van der Waals surface area (Å²) >= 11 is 7.45. The van der Waals surface area contributed by atoms with E-state index in [9.17, 15) is 4.79 Å². The Morgan fingerprint density at radius 1 is 0.962 bits per heavy atom. The van der Waals surface area contributed by atoms with Gasteiger partial charge >= 0.3 is 0 Å². The van der Waals surface area contributed by atoms with Crippen molar-refractivity contribution < 1.29 is 0 Å². The second-order valence-electron chi connectivity index (χ2n) is 5.66. The van der Waals surface area contributed by atoms with Crippen molar-refractivity contribution in [3.05, 3.63) is 93.9 Å². The minimum atomic E-state index is -0.118. The molecule has 0 radical (unpaired) electrons. The number of rotatable bonds is 4. The van der Waals surface area contributed by atoms with Gasteiger partial charge in [0.25, 0.3) is 5.56 Å². The Morgan fingerprint density at radius 2 is 1.73 bits per heavy atom. The highest BCUT2D eigenvalue weighted by Gasteiger charge is 2.13. The van der Waals surface area contributed by atoms with Crippen molar-refractivity contribution in [2.24, 2.45) is 0 Å². The Labute approximate surface area is 159 Å². The number of nitrogens with zero attached hydrogens (tertiary/aromatic N) is 3. The summed E-state index contributed by atoms with van der Waals surface area (Å²) in [6.07, 6.45) is 1.65. The largest absolute Gasteiger partial charge is 0.268 e. The molecule has 0 spiro atoms. The summed E-state index contributed by atoms with van der Waals surface area (Å²) in [7, 11) is 0. The number of benzene rings is 2. The summed E-state index contributed by atoms with van der Waals surface area (Å²) in [6.45, 7) is 0. The lowest BCUT2D eigenvalue weighted by Crippen LogP contribution is -2.22. The number of hydrogen-bond acceptors (Lipinski definition) is 4. The highest BCUT2D eigenvalue weighted by Crippen LogP contribution is 2.24. The maximum atomic E-state index is 13.1. The molecule has 26 heavy (non-hydrogen) atoms. The van der Waals surface area contributed by atoms with Gasteiger partial charge in [0.2, 0.25) is 0 Å². The molecule has 4 nitrogen and oxygen atoms in total. The molecule has 4 rings (SSSR count). The lowest BCUT2D eigenvalue weighted by atomic mass is 10.2. The molecule has 0 unspecified atom stereocenters. The first kappa shape index (κ1) is 16.8. The van der Waals surface area contributed by atoms with Crippen LogP contribution in [0.2, 0.25) is 5.02 Å². The second kappa shape index (κ2) is 7.32. The molecule has 0 saturated heterocycles. The molecule has 0 aliphatic carbocycles. The number of aromatic nitrogens is 3. The molecular weight excluding hydrogens is 366 g/mol. The van der Waals surface area contributed by atoms with Gasteiger partial charge in [-0.3, -0.25) is 9.36 Å². The average molecular weight is 380 g/mol. The van der Waals surface area contributed by atoms with E-state index in [1.807, 2.05) is 54.6 Å². The average Bonchev–Trinajstić information content (AvgIpc) is 2.68. The molecule has 0 saturated carbocycles. The number of pyridine rings is 1. The summed E-state index contributed by atoms with van der Waals surface area (Å²) in [6, 6.07) is 20.7. The van der Waals surface area contributed by atoms with E-state index in [1.165, 1.54) is 11.8 Å². The van der Waals surface area contributed by atoms with Crippen LogP contribution in [-0.4, -0.2) is 14.5 Å². The van der Waals surface area contributed by atoms with Crippen LogP contribution >= 0.6 is 23.4 Å². The van der Waals surface area contributed by atoms with E-state index in [0.29, 0.717) is 27.0 Å². The molecule has 0 aliphatic rings. The van der Waals surface area contributed by atoms with Crippen molar-refractivity contribution in [1.29, 1.82) is 0 Å². The topological polar surface area (TPSA) is 47.8 Å². The molecule has 128 valence electrons. The Balaban J connectivity index is 1.81. The molecule has 2 aromatic carbocycles. The Bertz CT molecular complexity index is 1110. The number of hydrogen-bond donors (Lipinski definition) is 0. The Morgan fingerprint density at radius 3 is 2.50 bits per heavy atom. The molecular formula is C20H14ClN3OS. The normalized spacial score (nSPS) is 11.0. The fraction of sp³-hybridized carbons (Fsp3) is 0.0500. The van der Waals surface area contributed by atoms with E-state index in [4.69, 9.17) is 11.6 Å². The van der Waals surface area contributed by atoms with Crippen molar-refractivity contribution in [3.63, 3.8) is 0 Å². The van der Waals surface area contributed by atoms with Gasteiger partial charge in [-0.15, -0.1) is 0 Å². The minimum absolute atomic E-state index is 0.118. The van der Waals surface area contributed by atoms with Gasteiger partial charge in [0.15, 0.2) is 10.8 Å². The standard InChI is InChI=1S/C20H14ClN3OS/c21-15-10-8-14(9-11-15)13-26-20-23-18-17(7-4-12-22-18)19(25)24(20)16-5-2-1-3-6-16/h1-12H,13H2. The molecule has 2 heterocycles. The van der Waals surface area contributed by atoms with Crippen LogP contribution in [0.25, 0.3) is 16.7 Å². The van der Waals surface area contributed by atoms with E-state index in [0.717, 1.165) is 11.3 Å². The van der Waals surface area contributed by atoms with Gasteiger partial charge < -0.3 is 0 Å². The first-order chi connectivity index (χ1) is 12.7. The summed E-state index contributed by atoms with van der Waals surface area (Å²) in [4.78, 5) is 21.9. The molecule has 0 fully saturated rings. The van der Waals surface area contributed by atoms with Crippen molar-refractivity contribution in [1.82, 2.24) is 14.5 Å². The zero-order valence-electron chi connectivity index (χ0n) is 13.7. The lowest BCUT2D eigenvalue weighted by Gasteiger charge is -2.12. The quantitative estimate of drug-likeness (QED) is 0.380. The van der Waals surface area contributed by atoms with Crippen LogP contribution in [-0.2, 0) is 5.75 Å². The van der Waals surface area contributed by atoms with Gasteiger partial charge in [-0.25, -0.2) is 9.97 Å². The van der Waals surface area contributed by atoms with Crippen molar-refractivity contribution >= 4 is 34.4 Å². The van der Waals surface area contributed by atoms with Crippen LogP contribution in [0.15, 0.2) is 82.9 Å². The van der Waals surface area contributed by atoms with E-state index in [1.54, 1.807) is 22.9 Å². The Kier molecular flexibility index (Phi) is 4.73. The molecule has 6 heteroatoms. The smallest absolute Gasteiger partial charge is 0.268 e. The zero-order chi connectivity index (χ0) is 17.9. The number of halogens is 1. The van der Waals surface area contributed by atoms with Crippen molar-refractivity contribution in [3.8, 4) is 5.69 Å². The highest BCUT2D eigenvalue weighted by atomic mass is 35.5. The SMILES string of the molecule is O=c1c2cccnc2nc(SCc2ccc(Cl)cc2)n1-c1ccccc1. The van der Waals surface area contributed by atoms with Crippen molar-refractivity contribution in [2.75, 3.05) is 0 Å². The van der Waals surface area contributed by atoms with Crippen LogP contribution in [0.1, 0.15) is 5.56 Å². The number of thioether (sulfide) groups is 1. The summed E-state index contributed by atoms with van der Waals surface area (Å²) < 4.78 is 1.64. The fourth-order valence-electron chi connectivity index (χ4n) is 2.63. The van der Waals surface area contributed by atoms with E-state index >= 15 is 0 Å². The van der Waals surface area contributed by atoms with E-state index < -0.39 is 0 Å². The number of para-hydroxylation sites is 1. The summed E-state index contributed by atoms with van der Waals surface area (Å²) in [5, 5.41) is 1.82. The second-order valence-corrected chi connectivity index (χ2v) is 7.04. The van der Waals surface area contributed by atoms with Gasteiger partial charge in [-0.1, -0.05) is 53.7 Å². The van der Waals surface area contributed by atoms with Gasteiger partial charge in [-0.05, 0) is 42.0 Å². The van der Waals surface area contributed by atoms with Gasteiger partial charge in [-0.2, -0.15) is 0 Å². The lowest BCUT2D eigenvalue weighted by molar-refractivity contribution is 0.814. The van der Waals surface area contributed by atoms with E-state index in [2.05, 4.69) is 9.97 Å². The summed E-state index contributed by atoms with van der Waals surface area (Å²) in [5.41, 5.74) is 2.24. The van der Waals surface area contributed by atoms with Crippen LogP contribution in [0.4, 0.5) is 0 Å². The van der Waals surface area contributed by atoms with Crippen LogP contribution in [0.5, 0.6) is 0 Å². The van der Waals surface area contributed by atoms with Crippen LogP contribution in [0.3, 0.4) is 0 Å². The van der Waals surface area contributed by atoms with Gasteiger partial charge in [0.1, 0.15) is 0 Å². The maximum Gasteiger partial charge on any atom is 0.268 e. The van der Waals surface area contributed by atoms with Gasteiger partial charge in [0, 0.05) is 17.0 Å². The molecule has 0 atom stereocenters. The molecule has 2 aromatic heterocycles. The third-order valence-electron chi connectivity index (χ3n) is 3.91. The zero-order valence-corrected chi connectivity index (χ0v) is 15.2. The van der Waals surface area contributed by atoms with Crippen LogP contribution < -0.4 is 5.56 Å². The first-order valence-corrected chi connectivity index (χ1v) is 9.39. The predicted molar refractivity (Wildman–Crippen MR) is 106 cm³/mol. The summed E-state index contributed by atoms with van der Waals surface area (Å²) in [5.74, 6) is 0.675. The van der Waals surface area contributed by atoms with Crippen molar-refractivity contribution in [2.45, 2.75) is 10.9 Å². The van der Waals surface area contributed by atoms with Gasteiger partial charge in [0.05, 0.1) is 11.1 Å². The third-order valence-corrected chi connectivity index (χ3v) is 5.17. The Hall–Kier alpha value is -2.63. The molecule has 4 aromatic rings. The molecule has 0 bridgehead atoms. The van der Waals surface area contributed by atoms with E-state index in [-0.39, 0.29) is 5.56 Å². The molecule has 0 N–H and O–H groups in total. The monoisotopic (exact) mass is 379 g/mol. The molecule has 0 aliphatic heterocycles. The highest BCUT2D eigenvalue weighted by molar-refractivity contribution is 7.98. The predicted octanol–water partition coefficient (Wildman–Crippen LogP) is 4.73. The molecule has 0 amide bonds. The maximum absolute atomic E-state index is 13.1.